The van der Waals surface area contributed by atoms with E-state index in [4.69, 9.17) is 4.74 Å². The summed E-state index contributed by atoms with van der Waals surface area (Å²) in [5.41, 5.74) is 0.286. The van der Waals surface area contributed by atoms with Crippen molar-refractivity contribution in [2.75, 3.05) is 18.5 Å². The Labute approximate surface area is 179 Å². The highest BCUT2D eigenvalue weighted by atomic mass is 32.2. The molecule has 1 amide bonds. The van der Waals surface area contributed by atoms with Crippen LogP contribution in [0.4, 0.5) is 5.69 Å². The largest absolute Gasteiger partial charge is 0.451 e. The molecule has 0 atom stereocenters. The summed E-state index contributed by atoms with van der Waals surface area (Å²) in [5, 5.41) is 2.54. The highest BCUT2D eigenvalue weighted by Gasteiger charge is 2.18. The molecule has 30 heavy (non-hydrogen) atoms. The molecule has 0 saturated carbocycles. The SMILES string of the molecule is Cc1ccc(C(=O)OCC(=O)Nc2cccc(S(=O)(=O)NC3=NCCCCC3)c2)s1. The number of carbonyl (C=O) groups is 2. The number of aryl methyl sites for hydroxylation is 1. The minimum absolute atomic E-state index is 0.0123. The molecular weight excluding hydrogens is 426 g/mol. The molecule has 1 aromatic carbocycles. The number of carbonyl (C=O) groups excluding carboxylic acids is 2. The van der Waals surface area contributed by atoms with E-state index in [1.807, 2.05) is 6.92 Å². The maximum atomic E-state index is 12.7. The minimum Gasteiger partial charge on any atom is -0.451 e. The van der Waals surface area contributed by atoms with Gasteiger partial charge in [-0.1, -0.05) is 12.5 Å². The molecule has 3 rings (SSSR count). The first-order chi connectivity index (χ1) is 14.3. The number of nitrogens with one attached hydrogen (secondary N) is 2. The smallest absolute Gasteiger partial charge is 0.348 e. The summed E-state index contributed by atoms with van der Waals surface area (Å²) in [7, 11) is -3.81. The van der Waals surface area contributed by atoms with Gasteiger partial charge in [0.05, 0.1) is 4.90 Å². The zero-order valence-corrected chi connectivity index (χ0v) is 18.1. The molecule has 160 valence electrons. The van der Waals surface area contributed by atoms with Gasteiger partial charge in [-0.15, -0.1) is 11.3 Å². The third-order valence-electron chi connectivity index (χ3n) is 4.33. The minimum atomic E-state index is -3.81. The summed E-state index contributed by atoms with van der Waals surface area (Å²) in [4.78, 5) is 29.7. The van der Waals surface area contributed by atoms with Gasteiger partial charge in [0.2, 0.25) is 0 Å². The molecule has 0 aliphatic carbocycles. The highest BCUT2D eigenvalue weighted by molar-refractivity contribution is 7.90. The van der Waals surface area contributed by atoms with E-state index in [1.165, 1.54) is 29.5 Å². The number of hydrogen-bond acceptors (Lipinski definition) is 7. The molecule has 0 bridgehead atoms. The fraction of sp³-hybridized carbons (Fsp3) is 0.350. The van der Waals surface area contributed by atoms with Crippen LogP contribution in [0.2, 0.25) is 0 Å². The molecule has 0 fully saturated rings. The van der Waals surface area contributed by atoms with Gasteiger partial charge in [-0.3, -0.25) is 14.5 Å². The van der Waals surface area contributed by atoms with Gasteiger partial charge in [-0.2, -0.15) is 0 Å². The van der Waals surface area contributed by atoms with Gasteiger partial charge in [0.25, 0.3) is 15.9 Å². The number of amidine groups is 1. The van der Waals surface area contributed by atoms with E-state index < -0.39 is 28.5 Å². The molecule has 2 heterocycles. The number of ether oxygens (including phenoxy) is 1. The molecule has 10 heteroatoms. The van der Waals surface area contributed by atoms with Crippen LogP contribution in [0.15, 0.2) is 46.3 Å². The first-order valence-corrected chi connectivity index (χ1v) is 11.8. The average molecular weight is 450 g/mol. The topological polar surface area (TPSA) is 114 Å². The van der Waals surface area contributed by atoms with Crippen LogP contribution in [0.25, 0.3) is 0 Å². The summed E-state index contributed by atoms with van der Waals surface area (Å²) < 4.78 is 32.8. The van der Waals surface area contributed by atoms with Crippen molar-refractivity contribution in [2.45, 2.75) is 37.5 Å². The third kappa shape index (κ3) is 6.14. The standard InChI is InChI=1S/C20H23N3O5S2/c1-14-9-10-17(29-14)20(25)28-13-19(24)22-15-6-5-7-16(12-15)30(26,27)23-18-8-3-2-4-11-21-18/h5-7,9-10,12H,2-4,8,11,13H2,1H3,(H,21,23)(H,22,24). The van der Waals surface area contributed by atoms with Crippen LogP contribution in [-0.4, -0.2) is 39.3 Å². The number of amides is 1. The second-order valence-corrected chi connectivity index (χ2v) is 9.78. The van der Waals surface area contributed by atoms with Gasteiger partial charge in [-0.25, -0.2) is 13.2 Å². The number of benzene rings is 1. The first-order valence-electron chi connectivity index (χ1n) is 9.53. The lowest BCUT2D eigenvalue weighted by Gasteiger charge is -2.11. The van der Waals surface area contributed by atoms with Gasteiger partial charge in [0, 0.05) is 23.5 Å². The normalized spacial score (nSPS) is 14.4. The van der Waals surface area contributed by atoms with E-state index in [2.05, 4.69) is 15.0 Å². The van der Waals surface area contributed by atoms with E-state index >= 15 is 0 Å². The van der Waals surface area contributed by atoms with Crippen LogP contribution >= 0.6 is 11.3 Å². The molecule has 0 saturated heterocycles. The lowest BCUT2D eigenvalue weighted by atomic mass is 10.2. The monoisotopic (exact) mass is 449 g/mol. The van der Waals surface area contributed by atoms with Crippen molar-refractivity contribution >= 4 is 44.8 Å². The van der Waals surface area contributed by atoms with Crippen LogP contribution in [0.5, 0.6) is 0 Å². The van der Waals surface area contributed by atoms with E-state index in [1.54, 1.807) is 18.2 Å². The van der Waals surface area contributed by atoms with Crippen molar-refractivity contribution < 1.29 is 22.7 Å². The Hall–Kier alpha value is -2.72. The van der Waals surface area contributed by atoms with Crippen molar-refractivity contribution in [3.63, 3.8) is 0 Å². The molecule has 1 aliphatic heterocycles. The number of anilines is 1. The number of hydrogen-bond donors (Lipinski definition) is 2. The van der Waals surface area contributed by atoms with Crippen LogP contribution in [-0.2, 0) is 19.6 Å². The number of nitrogens with zero attached hydrogens (tertiary/aromatic N) is 1. The predicted molar refractivity (Wildman–Crippen MR) is 116 cm³/mol. The number of aliphatic imine (C=N–C) groups is 1. The van der Waals surface area contributed by atoms with E-state index in [0.29, 0.717) is 23.7 Å². The lowest BCUT2D eigenvalue weighted by molar-refractivity contribution is -0.119. The fourth-order valence-corrected chi connectivity index (χ4v) is 4.75. The van der Waals surface area contributed by atoms with Gasteiger partial charge >= 0.3 is 5.97 Å². The molecule has 0 unspecified atom stereocenters. The molecule has 0 spiro atoms. The van der Waals surface area contributed by atoms with Gasteiger partial charge in [-0.05, 0) is 50.1 Å². The van der Waals surface area contributed by atoms with Gasteiger partial charge in [0.1, 0.15) is 10.7 Å². The van der Waals surface area contributed by atoms with Crippen molar-refractivity contribution in [1.82, 2.24) is 4.72 Å². The Morgan fingerprint density at radius 2 is 2.00 bits per heavy atom. The van der Waals surface area contributed by atoms with E-state index in [9.17, 15) is 18.0 Å². The van der Waals surface area contributed by atoms with Crippen molar-refractivity contribution in [1.29, 1.82) is 0 Å². The zero-order valence-electron chi connectivity index (χ0n) is 16.5. The van der Waals surface area contributed by atoms with Crippen LogP contribution in [0.1, 0.15) is 40.2 Å². The number of esters is 1. The lowest BCUT2D eigenvalue weighted by Crippen LogP contribution is -2.30. The maximum Gasteiger partial charge on any atom is 0.348 e. The van der Waals surface area contributed by atoms with Crippen molar-refractivity contribution in [2.24, 2.45) is 4.99 Å². The summed E-state index contributed by atoms with van der Waals surface area (Å²) in [6.45, 7) is 2.01. The van der Waals surface area contributed by atoms with Crippen LogP contribution < -0.4 is 10.0 Å². The summed E-state index contributed by atoms with van der Waals surface area (Å²) in [5.74, 6) is -0.683. The first kappa shape index (κ1) is 22.0. The zero-order chi connectivity index (χ0) is 21.6. The average Bonchev–Trinajstić information content (AvgIpc) is 2.99. The van der Waals surface area contributed by atoms with Crippen molar-refractivity contribution in [3.05, 3.63) is 46.2 Å². The molecule has 2 aromatic rings. The number of sulfonamides is 1. The molecule has 1 aliphatic rings. The second kappa shape index (κ2) is 9.86. The third-order valence-corrected chi connectivity index (χ3v) is 6.69. The van der Waals surface area contributed by atoms with Gasteiger partial charge in [0.15, 0.2) is 6.61 Å². The Bertz CT molecular complexity index is 1060. The highest BCUT2D eigenvalue weighted by Crippen LogP contribution is 2.18. The number of thiophene rings is 1. The summed E-state index contributed by atoms with van der Waals surface area (Å²) in [6, 6.07) is 9.31. The van der Waals surface area contributed by atoms with E-state index in [-0.39, 0.29) is 10.6 Å². The van der Waals surface area contributed by atoms with Crippen LogP contribution in [0, 0.1) is 6.92 Å². The fourth-order valence-electron chi connectivity index (χ4n) is 2.86. The summed E-state index contributed by atoms with van der Waals surface area (Å²) in [6.07, 6.45) is 3.45. The Morgan fingerprint density at radius 3 is 2.77 bits per heavy atom. The molecule has 0 radical (unpaired) electrons. The van der Waals surface area contributed by atoms with E-state index in [0.717, 1.165) is 24.1 Å². The molecule has 1 aromatic heterocycles. The maximum absolute atomic E-state index is 12.7. The van der Waals surface area contributed by atoms with Crippen LogP contribution in [0.3, 0.4) is 0 Å². The van der Waals surface area contributed by atoms with Gasteiger partial charge < -0.3 is 10.1 Å². The number of rotatable bonds is 6. The summed E-state index contributed by atoms with van der Waals surface area (Å²) >= 11 is 1.28. The second-order valence-electron chi connectivity index (χ2n) is 6.81. The quantitative estimate of drug-likeness (QED) is 0.658. The Morgan fingerprint density at radius 1 is 1.17 bits per heavy atom. The Kier molecular flexibility index (Phi) is 7.22. The molecule has 8 nitrogen and oxygen atoms in total. The molecular formula is C20H23N3O5S2. The predicted octanol–water partition coefficient (Wildman–Crippen LogP) is 3.10. The Balaban J connectivity index is 1.59. The molecule has 2 N–H and O–H groups in total. The van der Waals surface area contributed by atoms with Crippen molar-refractivity contribution in [3.8, 4) is 0 Å².